The van der Waals surface area contributed by atoms with Gasteiger partial charge in [-0.05, 0) is 30.7 Å². The van der Waals surface area contributed by atoms with Crippen molar-refractivity contribution < 1.29 is 23.9 Å². The van der Waals surface area contributed by atoms with E-state index in [1.54, 1.807) is 31.2 Å². The van der Waals surface area contributed by atoms with Crippen LogP contribution in [0.3, 0.4) is 0 Å². The summed E-state index contributed by atoms with van der Waals surface area (Å²) in [5.74, 6) is -2.79. The smallest absolute Gasteiger partial charge is 0.313 e. The molecule has 1 atom stereocenters. The third-order valence-corrected chi connectivity index (χ3v) is 3.82. The summed E-state index contributed by atoms with van der Waals surface area (Å²) in [7, 11) is 0. The first-order valence-electron chi connectivity index (χ1n) is 8.18. The van der Waals surface area contributed by atoms with Crippen molar-refractivity contribution in [3.05, 3.63) is 59.4 Å². The molecule has 8 heteroatoms. The first kappa shape index (κ1) is 20.1. The van der Waals surface area contributed by atoms with E-state index >= 15 is 0 Å². The topological polar surface area (TPSA) is 108 Å². The van der Waals surface area contributed by atoms with Gasteiger partial charge in [-0.3, -0.25) is 14.4 Å². The molecule has 2 rings (SSSR count). The first-order valence-corrected chi connectivity index (χ1v) is 8.18. The molecule has 0 aliphatic carbocycles. The number of carbonyl (C=O) groups excluding carboxylic acids is 3. The van der Waals surface area contributed by atoms with Crippen molar-refractivity contribution >= 4 is 29.1 Å². The molecule has 1 unspecified atom stereocenters. The Hall–Kier alpha value is -3.26. The molecule has 0 radical (unpaired) electrons. The number of aliphatic hydroxyl groups excluding tert-OH is 1. The number of amides is 3. The van der Waals surface area contributed by atoms with Gasteiger partial charge in [-0.1, -0.05) is 24.3 Å². The van der Waals surface area contributed by atoms with Gasteiger partial charge in [0.15, 0.2) is 0 Å². The molecule has 0 fully saturated rings. The number of benzene rings is 2. The maximum atomic E-state index is 13.6. The van der Waals surface area contributed by atoms with Gasteiger partial charge in [0.05, 0.1) is 6.10 Å². The van der Waals surface area contributed by atoms with Crippen molar-refractivity contribution in [1.82, 2.24) is 5.32 Å². The Morgan fingerprint density at radius 2 is 1.63 bits per heavy atom. The molecule has 0 spiro atoms. The quantitative estimate of drug-likeness (QED) is 0.600. The highest BCUT2D eigenvalue weighted by molar-refractivity contribution is 6.39. The number of hydrogen-bond donors (Lipinski definition) is 4. The van der Waals surface area contributed by atoms with Gasteiger partial charge in [0, 0.05) is 30.4 Å². The highest BCUT2D eigenvalue weighted by Crippen LogP contribution is 2.23. The lowest BCUT2D eigenvalue weighted by Gasteiger charge is -2.14. The highest BCUT2D eigenvalue weighted by atomic mass is 19.1. The number of halogens is 1. The zero-order valence-corrected chi connectivity index (χ0v) is 14.9. The summed E-state index contributed by atoms with van der Waals surface area (Å²) in [6, 6.07) is 10.5. The van der Waals surface area contributed by atoms with Crippen molar-refractivity contribution in [3.8, 4) is 0 Å². The molecule has 0 saturated heterocycles. The van der Waals surface area contributed by atoms with E-state index in [1.807, 2.05) is 0 Å². The predicted molar refractivity (Wildman–Crippen MR) is 98.5 cm³/mol. The van der Waals surface area contributed by atoms with Crippen LogP contribution in [0.15, 0.2) is 42.5 Å². The Labute approximate surface area is 155 Å². The molecule has 2 aromatic carbocycles. The predicted octanol–water partition coefficient (Wildman–Crippen LogP) is 1.88. The minimum Gasteiger partial charge on any atom is -0.386 e. The number of aliphatic hydroxyl groups is 1. The van der Waals surface area contributed by atoms with Gasteiger partial charge in [0.25, 0.3) is 0 Å². The minimum absolute atomic E-state index is 0.0251. The van der Waals surface area contributed by atoms with Gasteiger partial charge in [-0.15, -0.1) is 0 Å². The lowest BCUT2D eigenvalue weighted by atomic mass is 10.1. The van der Waals surface area contributed by atoms with Crippen LogP contribution in [0.1, 0.15) is 24.2 Å². The number of hydrogen-bond acceptors (Lipinski definition) is 4. The monoisotopic (exact) mass is 373 g/mol. The molecule has 7 nitrogen and oxygen atoms in total. The lowest BCUT2D eigenvalue weighted by molar-refractivity contribution is -0.136. The molecule has 0 aliphatic rings. The zero-order chi connectivity index (χ0) is 20.0. The van der Waals surface area contributed by atoms with E-state index in [1.165, 1.54) is 25.1 Å². The van der Waals surface area contributed by atoms with Crippen LogP contribution in [-0.4, -0.2) is 29.4 Å². The van der Waals surface area contributed by atoms with Gasteiger partial charge >= 0.3 is 11.8 Å². The average Bonchev–Trinajstić information content (AvgIpc) is 2.62. The summed E-state index contributed by atoms with van der Waals surface area (Å²) in [5.41, 5.74) is 1.48. The van der Waals surface area contributed by atoms with E-state index in [0.717, 1.165) is 0 Å². The van der Waals surface area contributed by atoms with E-state index in [9.17, 15) is 23.9 Å². The Morgan fingerprint density at radius 1 is 1.00 bits per heavy atom. The molecule has 4 N–H and O–H groups in total. The number of carbonyl (C=O) groups is 3. The van der Waals surface area contributed by atoms with Crippen LogP contribution in [0.4, 0.5) is 15.8 Å². The second-order valence-corrected chi connectivity index (χ2v) is 5.86. The summed E-state index contributed by atoms with van der Waals surface area (Å²) < 4.78 is 13.6. The molecule has 2 aromatic rings. The minimum atomic E-state index is -1.28. The third-order valence-electron chi connectivity index (χ3n) is 3.82. The molecule has 0 bridgehead atoms. The normalized spacial score (nSPS) is 11.4. The van der Waals surface area contributed by atoms with Crippen molar-refractivity contribution in [3.63, 3.8) is 0 Å². The van der Waals surface area contributed by atoms with Crippen LogP contribution in [0, 0.1) is 12.7 Å². The molecule has 0 heterocycles. The SMILES string of the molecule is CC(=O)Nc1cccc(NC(=O)C(=O)NCC(O)c2ccccc2F)c1C. The third kappa shape index (κ3) is 5.35. The van der Waals surface area contributed by atoms with Gasteiger partial charge < -0.3 is 21.1 Å². The Kier molecular flexibility index (Phi) is 6.62. The molecule has 0 aromatic heterocycles. The van der Waals surface area contributed by atoms with Crippen molar-refractivity contribution in [2.24, 2.45) is 0 Å². The first-order chi connectivity index (χ1) is 12.8. The van der Waals surface area contributed by atoms with Gasteiger partial charge in [-0.2, -0.15) is 0 Å². The van der Waals surface area contributed by atoms with E-state index < -0.39 is 23.7 Å². The van der Waals surface area contributed by atoms with Crippen LogP contribution >= 0.6 is 0 Å². The summed E-state index contributed by atoms with van der Waals surface area (Å²) in [5, 5.41) is 17.3. The lowest BCUT2D eigenvalue weighted by Crippen LogP contribution is -2.37. The summed E-state index contributed by atoms with van der Waals surface area (Å²) in [4.78, 5) is 35.2. The zero-order valence-electron chi connectivity index (χ0n) is 14.9. The van der Waals surface area contributed by atoms with Crippen LogP contribution in [0.25, 0.3) is 0 Å². The van der Waals surface area contributed by atoms with E-state index in [-0.39, 0.29) is 18.0 Å². The molecule has 142 valence electrons. The van der Waals surface area contributed by atoms with Crippen LogP contribution in [-0.2, 0) is 14.4 Å². The van der Waals surface area contributed by atoms with Crippen molar-refractivity contribution in [1.29, 1.82) is 0 Å². The fourth-order valence-electron chi connectivity index (χ4n) is 2.40. The fraction of sp³-hybridized carbons (Fsp3) is 0.211. The van der Waals surface area contributed by atoms with Gasteiger partial charge in [0.2, 0.25) is 5.91 Å². The molecular formula is C19H20FN3O4. The highest BCUT2D eigenvalue weighted by Gasteiger charge is 2.18. The molecular weight excluding hydrogens is 353 g/mol. The van der Waals surface area contributed by atoms with Crippen molar-refractivity contribution in [2.45, 2.75) is 20.0 Å². The molecule has 3 amide bonds. The Bertz CT molecular complexity index is 870. The molecule has 0 aliphatic heterocycles. The molecule has 0 saturated carbocycles. The number of nitrogens with one attached hydrogen (secondary N) is 3. The van der Waals surface area contributed by atoms with Crippen LogP contribution in [0.5, 0.6) is 0 Å². The van der Waals surface area contributed by atoms with E-state index in [0.29, 0.717) is 16.9 Å². The summed E-state index contributed by atoms with van der Waals surface area (Å²) >= 11 is 0. The Morgan fingerprint density at radius 3 is 2.26 bits per heavy atom. The number of rotatable bonds is 5. The second kappa shape index (κ2) is 8.91. The largest absolute Gasteiger partial charge is 0.386 e. The summed E-state index contributed by atoms with van der Waals surface area (Å²) in [6.07, 6.45) is -1.28. The Balaban J connectivity index is 1.97. The van der Waals surface area contributed by atoms with E-state index in [2.05, 4.69) is 16.0 Å². The second-order valence-electron chi connectivity index (χ2n) is 5.86. The van der Waals surface area contributed by atoms with Crippen molar-refractivity contribution in [2.75, 3.05) is 17.2 Å². The molecule has 27 heavy (non-hydrogen) atoms. The van der Waals surface area contributed by atoms with Gasteiger partial charge in [-0.25, -0.2) is 4.39 Å². The van der Waals surface area contributed by atoms with E-state index in [4.69, 9.17) is 0 Å². The maximum Gasteiger partial charge on any atom is 0.313 e. The van der Waals surface area contributed by atoms with Crippen LogP contribution < -0.4 is 16.0 Å². The standard InChI is InChI=1S/C19H20FN3O4/c1-11-15(22-12(2)24)8-5-9-16(11)23-19(27)18(26)21-10-17(25)13-6-3-4-7-14(13)20/h3-9,17,25H,10H2,1-2H3,(H,21,26)(H,22,24)(H,23,27). The van der Waals surface area contributed by atoms with Crippen LogP contribution in [0.2, 0.25) is 0 Å². The van der Waals surface area contributed by atoms with Gasteiger partial charge in [0.1, 0.15) is 5.82 Å². The average molecular weight is 373 g/mol. The summed E-state index contributed by atoms with van der Waals surface area (Å²) in [6.45, 7) is 2.72. The maximum absolute atomic E-state index is 13.6. The fourth-order valence-corrected chi connectivity index (χ4v) is 2.40. The number of anilines is 2.